The lowest BCUT2D eigenvalue weighted by Crippen LogP contribution is -2.35. The molecule has 3 rings (SSSR count). The van der Waals surface area contributed by atoms with E-state index in [4.69, 9.17) is 11.6 Å². The van der Waals surface area contributed by atoms with E-state index < -0.39 is 17.6 Å². The molecule has 0 saturated carbocycles. The summed E-state index contributed by atoms with van der Waals surface area (Å²) in [6.07, 6.45) is -0.339. The zero-order valence-electron chi connectivity index (χ0n) is 14.8. The van der Waals surface area contributed by atoms with E-state index in [2.05, 4.69) is 10.3 Å². The number of amides is 1. The van der Waals surface area contributed by atoms with Crippen LogP contribution in [-0.4, -0.2) is 28.9 Å². The lowest BCUT2D eigenvalue weighted by Gasteiger charge is -2.26. The maximum absolute atomic E-state index is 13.2. The van der Waals surface area contributed by atoms with Crippen LogP contribution >= 0.6 is 11.6 Å². The molecule has 9 heteroatoms. The summed E-state index contributed by atoms with van der Waals surface area (Å²) in [5.41, 5.74) is -0.872. The van der Waals surface area contributed by atoms with Crippen molar-refractivity contribution in [3.63, 3.8) is 0 Å². The lowest BCUT2D eigenvalue weighted by atomic mass is 10.1. The maximum Gasteiger partial charge on any atom is 0.416 e. The molecule has 0 bridgehead atoms. The van der Waals surface area contributed by atoms with Crippen LogP contribution in [0.4, 0.5) is 23.4 Å². The van der Waals surface area contributed by atoms with Gasteiger partial charge in [0.1, 0.15) is 11.6 Å². The molecule has 0 spiro atoms. The summed E-state index contributed by atoms with van der Waals surface area (Å²) in [7, 11) is 0. The average Bonchev–Trinajstić information content (AvgIpc) is 2.67. The third kappa shape index (κ3) is 4.73. The van der Waals surface area contributed by atoms with Crippen molar-refractivity contribution in [2.24, 2.45) is 0 Å². The predicted molar refractivity (Wildman–Crippen MR) is 97.7 cm³/mol. The number of halogens is 5. The van der Waals surface area contributed by atoms with Crippen LogP contribution in [0.2, 0.25) is 5.02 Å². The molecule has 1 aliphatic heterocycles. The van der Waals surface area contributed by atoms with Crippen LogP contribution < -0.4 is 5.32 Å². The monoisotopic (exact) mass is 415 g/mol. The molecule has 1 fully saturated rings. The Balaban J connectivity index is 1.73. The molecule has 0 aliphatic carbocycles. The van der Waals surface area contributed by atoms with Crippen molar-refractivity contribution >= 4 is 23.3 Å². The first-order valence-corrected chi connectivity index (χ1v) is 9.18. The van der Waals surface area contributed by atoms with Crippen LogP contribution in [0, 0.1) is 5.82 Å². The van der Waals surface area contributed by atoms with Gasteiger partial charge in [-0.15, -0.1) is 0 Å². The smallest absolute Gasteiger partial charge is 0.365 e. The van der Waals surface area contributed by atoms with Crippen LogP contribution in [0.1, 0.15) is 40.7 Å². The summed E-state index contributed by atoms with van der Waals surface area (Å²) in [6.45, 7) is 1.11. The summed E-state index contributed by atoms with van der Waals surface area (Å²) >= 11 is 6.16. The van der Waals surface area contributed by atoms with E-state index in [0.717, 1.165) is 31.4 Å². The molecule has 4 nitrogen and oxygen atoms in total. The van der Waals surface area contributed by atoms with Gasteiger partial charge in [-0.2, -0.15) is 13.2 Å². The Morgan fingerprint density at radius 2 is 1.89 bits per heavy atom. The van der Waals surface area contributed by atoms with Gasteiger partial charge in [0, 0.05) is 25.8 Å². The number of benzene rings is 1. The maximum atomic E-state index is 13.2. The summed E-state index contributed by atoms with van der Waals surface area (Å²) in [4.78, 5) is 18.3. The first kappa shape index (κ1) is 20.4. The highest BCUT2D eigenvalue weighted by molar-refractivity contribution is 6.33. The quantitative estimate of drug-likeness (QED) is 0.704. The van der Waals surface area contributed by atoms with E-state index in [1.165, 1.54) is 12.3 Å². The van der Waals surface area contributed by atoms with Gasteiger partial charge in [-0.05, 0) is 43.0 Å². The van der Waals surface area contributed by atoms with E-state index in [-0.39, 0.29) is 28.9 Å². The molecule has 2 heterocycles. The fourth-order valence-electron chi connectivity index (χ4n) is 3.11. The Morgan fingerprint density at radius 1 is 1.18 bits per heavy atom. The number of likely N-dealkylation sites (tertiary alicyclic amines) is 1. The molecule has 0 atom stereocenters. The SMILES string of the molecule is O=C(c1cnc(NCc2ccc(F)cc2C(F)(F)F)c(Cl)c1)N1CCCCC1. The van der Waals surface area contributed by atoms with Crippen molar-refractivity contribution in [2.75, 3.05) is 18.4 Å². The lowest BCUT2D eigenvalue weighted by molar-refractivity contribution is -0.138. The Labute approximate surface area is 164 Å². The standard InChI is InChI=1S/C19H18ClF4N3O/c20-16-8-13(18(28)27-6-2-1-3-7-27)11-26-17(16)25-10-12-4-5-14(21)9-15(12)19(22,23)24/h4-5,8-9,11H,1-3,6-7,10H2,(H,25,26). The van der Waals surface area contributed by atoms with Crippen LogP contribution in [-0.2, 0) is 12.7 Å². The number of piperidine rings is 1. The predicted octanol–water partition coefficient (Wildman–Crippen LogP) is 5.13. The van der Waals surface area contributed by atoms with Gasteiger partial charge < -0.3 is 10.2 Å². The minimum Gasteiger partial charge on any atom is -0.365 e. The summed E-state index contributed by atoms with van der Waals surface area (Å²) < 4.78 is 52.4. The normalized spacial score (nSPS) is 14.8. The van der Waals surface area contributed by atoms with Gasteiger partial charge in [-0.3, -0.25) is 4.79 Å². The van der Waals surface area contributed by atoms with Gasteiger partial charge >= 0.3 is 6.18 Å². The summed E-state index contributed by atoms with van der Waals surface area (Å²) in [5.74, 6) is -0.985. The number of hydrogen-bond donors (Lipinski definition) is 1. The number of pyridine rings is 1. The second-order valence-electron chi connectivity index (χ2n) is 6.56. The van der Waals surface area contributed by atoms with Gasteiger partial charge in [0.05, 0.1) is 16.1 Å². The fraction of sp³-hybridized carbons (Fsp3) is 0.368. The Bertz CT molecular complexity index is 867. The highest BCUT2D eigenvalue weighted by atomic mass is 35.5. The molecule has 0 radical (unpaired) electrons. The molecule has 1 aromatic carbocycles. The van der Waals surface area contributed by atoms with Crippen molar-refractivity contribution < 1.29 is 22.4 Å². The summed E-state index contributed by atoms with van der Waals surface area (Å²) in [5, 5.41) is 2.84. The number of rotatable bonds is 4. The van der Waals surface area contributed by atoms with Gasteiger partial charge in [0.25, 0.3) is 5.91 Å². The number of carbonyl (C=O) groups is 1. The molecule has 2 aromatic rings. The second-order valence-corrected chi connectivity index (χ2v) is 6.97. The molecule has 0 unspecified atom stereocenters. The first-order chi connectivity index (χ1) is 13.3. The largest absolute Gasteiger partial charge is 0.416 e. The molecule has 1 aliphatic rings. The number of alkyl halides is 3. The topological polar surface area (TPSA) is 45.2 Å². The number of carbonyl (C=O) groups excluding carboxylic acids is 1. The molecule has 1 amide bonds. The highest BCUT2D eigenvalue weighted by Crippen LogP contribution is 2.33. The number of nitrogens with one attached hydrogen (secondary N) is 1. The van der Waals surface area contributed by atoms with Crippen LogP contribution in [0.25, 0.3) is 0 Å². The van der Waals surface area contributed by atoms with Crippen molar-refractivity contribution in [2.45, 2.75) is 32.0 Å². The zero-order valence-corrected chi connectivity index (χ0v) is 15.6. The van der Waals surface area contributed by atoms with E-state index in [1.54, 1.807) is 4.90 Å². The van der Waals surface area contributed by atoms with Gasteiger partial charge in [0.15, 0.2) is 0 Å². The van der Waals surface area contributed by atoms with Gasteiger partial charge in [0.2, 0.25) is 0 Å². The molecular formula is C19H18ClF4N3O. The molecule has 1 N–H and O–H groups in total. The van der Waals surface area contributed by atoms with Crippen molar-refractivity contribution in [1.82, 2.24) is 9.88 Å². The Morgan fingerprint density at radius 3 is 2.54 bits per heavy atom. The molecular weight excluding hydrogens is 398 g/mol. The van der Waals surface area contributed by atoms with E-state index in [1.807, 2.05) is 0 Å². The average molecular weight is 416 g/mol. The molecule has 150 valence electrons. The Kier molecular flexibility index (Phi) is 6.07. The Hall–Kier alpha value is -2.35. The molecule has 28 heavy (non-hydrogen) atoms. The molecule has 1 saturated heterocycles. The second kappa shape index (κ2) is 8.34. The zero-order chi connectivity index (χ0) is 20.3. The van der Waals surface area contributed by atoms with Crippen LogP contribution in [0.15, 0.2) is 30.5 Å². The number of nitrogens with zero attached hydrogens (tertiary/aromatic N) is 2. The van der Waals surface area contributed by atoms with Gasteiger partial charge in [-0.1, -0.05) is 17.7 Å². The van der Waals surface area contributed by atoms with Crippen molar-refractivity contribution in [1.29, 1.82) is 0 Å². The summed E-state index contributed by atoms with van der Waals surface area (Å²) in [6, 6.07) is 3.92. The van der Waals surface area contributed by atoms with Crippen molar-refractivity contribution in [3.05, 3.63) is 58.0 Å². The minimum atomic E-state index is -4.68. The fourth-order valence-corrected chi connectivity index (χ4v) is 3.34. The third-order valence-electron chi connectivity index (χ3n) is 4.56. The van der Waals surface area contributed by atoms with Crippen molar-refractivity contribution in [3.8, 4) is 0 Å². The first-order valence-electron chi connectivity index (χ1n) is 8.80. The van der Waals surface area contributed by atoms with Gasteiger partial charge in [-0.25, -0.2) is 9.37 Å². The van der Waals surface area contributed by atoms with E-state index >= 15 is 0 Å². The third-order valence-corrected chi connectivity index (χ3v) is 4.84. The highest BCUT2D eigenvalue weighted by Gasteiger charge is 2.33. The minimum absolute atomic E-state index is 0.124. The van der Waals surface area contributed by atoms with E-state index in [9.17, 15) is 22.4 Å². The van der Waals surface area contributed by atoms with E-state index in [0.29, 0.717) is 24.7 Å². The number of hydrogen-bond acceptors (Lipinski definition) is 3. The van der Waals surface area contributed by atoms with Crippen LogP contribution in [0.5, 0.6) is 0 Å². The van der Waals surface area contributed by atoms with Crippen LogP contribution in [0.3, 0.4) is 0 Å². The molecule has 1 aromatic heterocycles. The number of aromatic nitrogens is 1. The number of anilines is 1.